The van der Waals surface area contributed by atoms with Crippen molar-refractivity contribution >= 4 is 25.1 Å². The molecule has 1 fully saturated rings. The normalized spacial score (nSPS) is 15.8. The molecule has 0 saturated carbocycles. The van der Waals surface area contributed by atoms with Crippen LogP contribution in [0.2, 0.25) is 0 Å². The summed E-state index contributed by atoms with van der Waals surface area (Å²) in [6.07, 6.45) is 1.84. The van der Waals surface area contributed by atoms with E-state index in [-0.39, 0.29) is 0 Å². The van der Waals surface area contributed by atoms with E-state index in [1.807, 2.05) is 31.3 Å². The quantitative estimate of drug-likeness (QED) is 0.672. The van der Waals surface area contributed by atoms with Crippen LogP contribution in [0.4, 0.5) is 5.69 Å². The molecule has 2 rings (SSSR count). The van der Waals surface area contributed by atoms with Gasteiger partial charge in [0.15, 0.2) is 0 Å². The summed E-state index contributed by atoms with van der Waals surface area (Å²) in [5.74, 6) is 0. The number of benzene rings is 1. The largest absolute Gasteiger partial charge is 0.377 e. The van der Waals surface area contributed by atoms with E-state index < -0.39 is 0 Å². The molecular formula is C12H14BNO. The second-order valence-electron chi connectivity index (χ2n) is 3.79. The Hall–Kier alpha value is -1.22. The second kappa shape index (κ2) is 4.11. The van der Waals surface area contributed by atoms with Gasteiger partial charge in [0, 0.05) is 12.7 Å². The first kappa shape index (κ1) is 10.3. The monoisotopic (exact) mass is 199 g/mol. The third kappa shape index (κ3) is 1.79. The topological polar surface area (TPSA) is 12.5 Å². The molecular weight excluding hydrogens is 185 g/mol. The molecule has 0 unspecified atom stereocenters. The van der Waals surface area contributed by atoms with Crippen molar-refractivity contribution in [3.8, 4) is 0 Å². The smallest absolute Gasteiger partial charge is 0.116 e. The molecule has 0 spiro atoms. The van der Waals surface area contributed by atoms with Crippen molar-refractivity contribution in [3.63, 3.8) is 0 Å². The van der Waals surface area contributed by atoms with Crippen LogP contribution in [0.5, 0.6) is 0 Å². The molecule has 0 aliphatic carbocycles. The predicted molar refractivity (Wildman–Crippen MR) is 64.9 cm³/mol. The van der Waals surface area contributed by atoms with E-state index in [2.05, 4.69) is 11.5 Å². The Morgan fingerprint density at radius 1 is 1.53 bits per heavy atom. The number of rotatable bonds is 3. The molecule has 15 heavy (non-hydrogen) atoms. The maximum absolute atomic E-state index is 5.98. The van der Waals surface area contributed by atoms with Crippen molar-refractivity contribution in [2.24, 2.45) is 0 Å². The van der Waals surface area contributed by atoms with E-state index in [1.165, 1.54) is 0 Å². The van der Waals surface area contributed by atoms with E-state index in [1.54, 1.807) is 0 Å². The van der Waals surface area contributed by atoms with Crippen LogP contribution in [0, 0.1) is 0 Å². The summed E-state index contributed by atoms with van der Waals surface area (Å²) in [5.41, 5.74) is 2.92. The molecule has 0 bridgehead atoms. The van der Waals surface area contributed by atoms with Gasteiger partial charge in [-0.15, -0.1) is 0 Å². The molecule has 1 aromatic rings. The van der Waals surface area contributed by atoms with E-state index in [4.69, 9.17) is 12.6 Å². The molecule has 1 aromatic carbocycles. The Morgan fingerprint density at radius 2 is 2.27 bits per heavy atom. The van der Waals surface area contributed by atoms with Crippen LogP contribution in [0.25, 0.3) is 6.08 Å². The minimum absolute atomic E-state index is 0.438. The summed E-state index contributed by atoms with van der Waals surface area (Å²) < 4.78 is 5.18. The van der Waals surface area contributed by atoms with Gasteiger partial charge in [-0.05, 0) is 5.56 Å². The van der Waals surface area contributed by atoms with Crippen molar-refractivity contribution in [1.29, 1.82) is 0 Å². The van der Waals surface area contributed by atoms with Gasteiger partial charge in [0.05, 0.1) is 19.3 Å². The molecule has 1 heterocycles. The van der Waals surface area contributed by atoms with Crippen molar-refractivity contribution in [1.82, 2.24) is 0 Å². The number of anilines is 1. The van der Waals surface area contributed by atoms with E-state index >= 15 is 0 Å². The van der Waals surface area contributed by atoms with Crippen molar-refractivity contribution in [2.75, 3.05) is 25.2 Å². The van der Waals surface area contributed by atoms with Crippen molar-refractivity contribution in [3.05, 3.63) is 30.3 Å². The van der Waals surface area contributed by atoms with Crippen LogP contribution in [0.3, 0.4) is 0 Å². The SMILES string of the molecule is [B]c1cccc(C=C)c1N(C)C1COC1. The number of likely N-dealkylation sites (N-methyl/N-ethyl adjacent to an activating group) is 1. The van der Waals surface area contributed by atoms with Gasteiger partial charge in [0.2, 0.25) is 0 Å². The van der Waals surface area contributed by atoms with E-state index in [9.17, 15) is 0 Å². The maximum atomic E-state index is 5.98. The van der Waals surface area contributed by atoms with Crippen LogP contribution in [-0.2, 0) is 4.74 Å². The number of ether oxygens (including phenoxy) is 1. The Labute approximate surface area is 92.0 Å². The van der Waals surface area contributed by atoms with Gasteiger partial charge in [-0.2, -0.15) is 0 Å². The lowest BCUT2D eigenvalue weighted by molar-refractivity contribution is 0.0102. The molecule has 0 amide bonds. The lowest BCUT2D eigenvalue weighted by Gasteiger charge is -2.37. The summed E-state index contributed by atoms with van der Waals surface area (Å²) in [7, 11) is 8.03. The highest BCUT2D eigenvalue weighted by Gasteiger charge is 2.24. The van der Waals surface area contributed by atoms with Crippen molar-refractivity contribution < 1.29 is 4.74 Å². The first-order valence-corrected chi connectivity index (χ1v) is 5.05. The van der Waals surface area contributed by atoms with Crippen LogP contribution in [0.1, 0.15) is 5.56 Å². The molecule has 2 radical (unpaired) electrons. The summed E-state index contributed by atoms with van der Waals surface area (Å²) in [4.78, 5) is 2.18. The van der Waals surface area contributed by atoms with E-state index in [0.717, 1.165) is 29.9 Å². The van der Waals surface area contributed by atoms with Crippen LogP contribution >= 0.6 is 0 Å². The van der Waals surface area contributed by atoms with E-state index in [0.29, 0.717) is 6.04 Å². The molecule has 1 aliphatic heterocycles. The molecule has 0 N–H and O–H groups in total. The van der Waals surface area contributed by atoms with Gasteiger partial charge >= 0.3 is 0 Å². The zero-order valence-electron chi connectivity index (χ0n) is 8.94. The minimum atomic E-state index is 0.438. The Bertz CT molecular complexity index is 374. The lowest BCUT2D eigenvalue weighted by Crippen LogP contribution is -2.48. The second-order valence-corrected chi connectivity index (χ2v) is 3.79. The molecule has 3 heteroatoms. The van der Waals surface area contributed by atoms with Gasteiger partial charge < -0.3 is 9.64 Å². The van der Waals surface area contributed by atoms with Gasteiger partial charge in [0.25, 0.3) is 0 Å². The van der Waals surface area contributed by atoms with Gasteiger partial charge in [-0.1, -0.05) is 36.3 Å². The lowest BCUT2D eigenvalue weighted by atomic mass is 9.90. The van der Waals surface area contributed by atoms with Crippen LogP contribution < -0.4 is 10.4 Å². The first-order valence-electron chi connectivity index (χ1n) is 5.05. The zero-order chi connectivity index (χ0) is 10.8. The van der Waals surface area contributed by atoms with Gasteiger partial charge in [-0.25, -0.2) is 0 Å². The third-order valence-corrected chi connectivity index (χ3v) is 2.84. The maximum Gasteiger partial charge on any atom is 0.116 e. The first-order chi connectivity index (χ1) is 7.24. The highest BCUT2D eigenvalue weighted by molar-refractivity contribution is 6.36. The molecule has 1 aliphatic rings. The minimum Gasteiger partial charge on any atom is -0.377 e. The fraction of sp³-hybridized carbons (Fsp3) is 0.333. The standard InChI is InChI=1S/C12H14BNO/c1-3-9-5-4-6-11(13)12(9)14(2)10-7-15-8-10/h3-6,10H,1,7-8H2,2H3. The highest BCUT2D eigenvalue weighted by atomic mass is 16.5. The fourth-order valence-electron chi connectivity index (χ4n) is 1.78. The fourth-order valence-corrected chi connectivity index (χ4v) is 1.78. The van der Waals surface area contributed by atoms with Gasteiger partial charge in [-0.3, -0.25) is 0 Å². The average Bonchev–Trinajstić information content (AvgIpc) is 2.14. The molecule has 1 saturated heterocycles. The van der Waals surface area contributed by atoms with Crippen molar-refractivity contribution in [2.45, 2.75) is 6.04 Å². The number of hydrogen-bond acceptors (Lipinski definition) is 2. The van der Waals surface area contributed by atoms with Crippen LogP contribution in [0.15, 0.2) is 24.8 Å². The summed E-state index contributed by atoms with van der Waals surface area (Å²) in [6.45, 7) is 5.36. The Kier molecular flexibility index (Phi) is 2.82. The highest BCUT2D eigenvalue weighted by Crippen LogP contribution is 2.22. The third-order valence-electron chi connectivity index (χ3n) is 2.84. The number of hydrogen-bond donors (Lipinski definition) is 0. The molecule has 2 nitrogen and oxygen atoms in total. The molecule has 0 aromatic heterocycles. The number of para-hydroxylation sites is 1. The van der Waals surface area contributed by atoms with Crippen LogP contribution in [-0.4, -0.2) is 34.1 Å². The molecule has 0 atom stereocenters. The predicted octanol–water partition coefficient (Wildman–Crippen LogP) is 0.958. The summed E-state index contributed by atoms with van der Waals surface area (Å²) in [5, 5.41) is 0. The Balaban J connectivity index is 2.35. The summed E-state index contributed by atoms with van der Waals surface area (Å²) >= 11 is 0. The zero-order valence-corrected chi connectivity index (χ0v) is 8.94. The molecule has 76 valence electrons. The Morgan fingerprint density at radius 3 is 2.80 bits per heavy atom. The number of nitrogens with zero attached hydrogens (tertiary/aromatic N) is 1. The summed E-state index contributed by atoms with van der Waals surface area (Å²) in [6, 6.07) is 6.32. The average molecular weight is 199 g/mol. The van der Waals surface area contributed by atoms with Gasteiger partial charge in [0.1, 0.15) is 7.85 Å².